The van der Waals surface area contributed by atoms with E-state index in [4.69, 9.17) is 20.9 Å². The SMILES string of the molecule is COc1ccc(Cl)c2c1N(C(=O)c1nn(C)c(=O)c3noc(C)c13)CCC2. The second-order valence-corrected chi connectivity index (χ2v) is 6.78. The van der Waals surface area contributed by atoms with Crippen LogP contribution in [0.15, 0.2) is 21.5 Å². The smallest absolute Gasteiger partial charge is 0.296 e. The van der Waals surface area contributed by atoms with E-state index in [1.807, 2.05) is 0 Å². The average Bonchev–Trinajstić information content (AvgIpc) is 3.06. The number of aryl methyl sites for hydroxylation is 2. The van der Waals surface area contributed by atoms with Crippen molar-refractivity contribution in [1.29, 1.82) is 0 Å². The summed E-state index contributed by atoms with van der Waals surface area (Å²) < 4.78 is 11.7. The number of fused-ring (bicyclic) bond motifs is 2. The molecule has 4 rings (SSSR count). The van der Waals surface area contributed by atoms with E-state index in [2.05, 4.69) is 10.3 Å². The fourth-order valence-electron chi connectivity index (χ4n) is 3.49. The summed E-state index contributed by atoms with van der Waals surface area (Å²) in [7, 11) is 3.03. The van der Waals surface area contributed by atoms with Crippen LogP contribution in [0.2, 0.25) is 5.02 Å². The van der Waals surface area contributed by atoms with E-state index in [1.165, 1.54) is 7.05 Å². The van der Waals surface area contributed by atoms with Crippen molar-refractivity contribution in [3.8, 4) is 5.75 Å². The first-order chi connectivity index (χ1) is 12.9. The maximum Gasteiger partial charge on any atom is 0.296 e. The highest BCUT2D eigenvalue weighted by molar-refractivity contribution is 6.32. The number of ether oxygens (including phenoxy) is 1. The van der Waals surface area contributed by atoms with Gasteiger partial charge in [-0.15, -0.1) is 0 Å². The van der Waals surface area contributed by atoms with Gasteiger partial charge in [0.15, 0.2) is 11.2 Å². The number of carbonyl (C=O) groups excluding carboxylic acids is 1. The van der Waals surface area contributed by atoms with Crippen molar-refractivity contribution in [3.05, 3.63) is 44.5 Å². The number of hydrogen-bond donors (Lipinski definition) is 0. The number of halogens is 1. The predicted molar refractivity (Wildman–Crippen MR) is 99.8 cm³/mol. The van der Waals surface area contributed by atoms with Gasteiger partial charge in [0.2, 0.25) is 0 Å². The van der Waals surface area contributed by atoms with Crippen LogP contribution in [0.5, 0.6) is 5.75 Å². The molecule has 140 valence electrons. The zero-order chi connectivity index (χ0) is 19.3. The van der Waals surface area contributed by atoms with Crippen molar-refractivity contribution in [2.45, 2.75) is 19.8 Å². The van der Waals surface area contributed by atoms with Gasteiger partial charge in [0, 0.05) is 18.6 Å². The zero-order valence-corrected chi connectivity index (χ0v) is 15.8. The number of nitrogens with zero attached hydrogens (tertiary/aromatic N) is 4. The second-order valence-electron chi connectivity index (χ2n) is 6.38. The first-order valence-corrected chi connectivity index (χ1v) is 8.82. The molecule has 27 heavy (non-hydrogen) atoms. The number of amides is 1. The molecule has 0 saturated heterocycles. The van der Waals surface area contributed by atoms with E-state index in [1.54, 1.807) is 31.1 Å². The molecule has 3 aromatic rings. The molecule has 0 bridgehead atoms. The number of methoxy groups -OCH3 is 1. The van der Waals surface area contributed by atoms with Crippen LogP contribution in [0.25, 0.3) is 10.9 Å². The molecule has 0 atom stereocenters. The normalized spacial score (nSPS) is 13.7. The summed E-state index contributed by atoms with van der Waals surface area (Å²) in [5.41, 5.74) is 1.28. The van der Waals surface area contributed by atoms with E-state index >= 15 is 0 Å². The van der Waals surface area contributed by atoms with Gasteiger partial charge in [-0.05, 0) is 37.5 Å². The van der Waals surface area contributed by atoms with Crippen LogP contribution in [0.3, 0.4) is 0 Å². The van der Waals surface area contributed by atoms with Crippen molar-refractivity contribution >= 4 is 34.1 Å². The molecular weight excluding hydrogens is 372 g/mol. The van der Waals surface area contributed by atoms with Gasteiger partial charge in [0.1, 0.15) is 11.5 Å². The highest BCUT2D eigenvalue weighted by Crippen LogP contribution is 2.41. The van der Waals surface area contributed by atoms with E-state index in [9.17, 15) is 9.59 Å². The lowest BCUT2D eigenvalue weighted by Crippen LogP contribution is -2.38. The van der Waals surface area contributed by atoms with E-state index in [0.29, 0.717) is 34.2 Å². The summed E-state index contributed by atoms with van der Waals surface area (Å²) in [4.78, 5) is 27.3. The molecule has 1 amide bonds. The average molecular weight is 389 g/mol. The molecule has 0 radical (unpaired) electrons. The standard InChI is InChI=1S/C18H17ClN4O4/c1-9-13-14(20-22(2)17(24)15(13)21-27-9)18(25)23-8-4-5-10-11(19)6-7-12(26-3)16(10)23/h6-7H,4-5,8H2,1-3H3. The van der Waals surface area contributed by atoms with Gasteiger partial charge in [0.25, 0.3) is 11.5 Å². The number of carbonyl (C=O) groups is 1. The summed E-state index contributed by atoms with van der Waals surface area (Å²) in [5, 5.41) is 8.91. The Morgan fingerprint density at radius 2 is 2.15 bits per heavy atom. The summed E-state index contributed by atoms with van der Waals surface area (Å²) >= 11 is 6.36. The minimum absolute atomic E-state index is 0.0867. The van der Waals surface area contributed by atoms with E-state index in [0.717, 1.165) is 23.1 Å². The van der Waals surface area contributed by atoms with Crippen molar-refractivity contribution in [2.75, 3.05) is 18.6 Å². The summed E-state index contributed by atoms with van der Waals surface area (Å²) in [6, 6.07) is 3.50. The summed E-state index contributed by atoms with van der Waals surface area (Å²) in [6.45, 7) is 2.13. The van der Waals surface area contributed by atoms with Gasteiger partial charge in [-0.2, -0.15) is 5.10 Å². The molecule has 0 fully saturated rings. The molecule has 1 aliphatic rings. The number of aromatic nitrogens is 3. The minimum Gasteiger partial charge on any atom is -0.495 e. The fraction of sp³-hybridized carbons (Fsp3) is 0.333. The van der Waals surface area contributed by atoms with Crippen LogP contribution >= 0.6 is 11.6 Å². The highest BCUT2D eigenvalue weighted by Gasteiger charge is 2.32. The largest absolute Gasteiger partial charge is 0.495 e. The Morgan fingerprint density at radius 3 is 2.89 bits per heavy atom. The van der Waals surface area contributed by atoms with Crippen LogP contribution in [-0.2, 0) is 13.5 Å². The summed E-state index contributed by atoms with van der Waals surface area (Å²) in [6.07, 6.45) is 1.50. The van der Waals surface area contributed by atoms with Gasteiger partial charge in [-0.25, -0.2) is 4.68 Å². The van der Waals surface area contributed by atoms with Crippen molar-refractivity contribution < 1.29 is 14.1 Å². The van der Waals surface area contributed by atoms with Gasteiger partial charge in [-0.1, -0.05) is 16.8 Å². The Balaban J connectivity index is 1.94. The molecule has 1 aromatic carbocycles. The Hall–Kier alpha value is -2.87. The van der Waals surface area contributed by atoms with Gasteiger partial charge in [0.05, 0.1) is 18.2 Å². The molecule has 3 heterocycles. The predicted octanol–water partition coefficient (Wildman–Crippen LogP) is 2.48. The monoisotopic (exact) mass is 388 g/mol. The Morgan fingerprint density at radius 1 is 1.37 bits per heavy atom. The Kier molecular flexibility index (Phi) is 4.15. The minimum atomic E-state index is -0.418. The van der Waals surface area contributed by atoms with E-state index < -0.39 is 5.56 Å². The van der Waals surface area contributed by atoms with Crippen molar-refractivity contribution in [3.63, 3.8) is 0 Å². The van der Waals surface area contributed by atoms with Crippen molar-refractivity contribution in [1.82, 2.24) is 14.9 Å². The quantitative estimate of drug-likeness (QED) is 0.670. The second kappa shape index (κ2) is 6.38. The first kappa shape index (κ1) is 17.5. The Bertz CT molecular complexity index is 1130. The lowest BCUT2D eigenvalue weighted by Gasteiger charge is -2.31. The lowest BCUT2D eigenvalue weighted by atomic mass is 10.00. The third-order valence-electron chi connectivity index (χ3n) is 4.78. The highest BCUT2D eigenvalue weighted by atomic mass is 35.5. The maximum absolute atomic E-state index is 13.4. The van der Waals surface area contributed by atoms with Gasteiger partial charge < -0.3 is 14.2 Å². The molecule has 0 spiro atoms. The molecule has 0 N–H and O–H groups in total. The molecule has 0 aliphatic carbocycles. The number of benzene rings is 1. The third-order valence-corrected chi connectivity index (χ3v) is 5.13. The number of anilines is 1. The Labute approximate surface area is 159 Å². The van der Waals surface area contributed by atoms with Crippen LogP contribution in [0.1, 0.15) is 28.2 Å². The third kappa shape index (κ3) is 2.59. The fourth-order valence-corrected chi connectivity index (χ4v) is 3.74. The van der Waals surface area contributed by atoms with Crippen LogP contribution < -0.4 is 15.2 Å². The van der Waals surface area contributed by atoms with Gasteiger partial charge in [-0.3, -0.25) is 9.59 Å². The van der Waals surface area contributed by atoms with Gasteiger partial charge >= 0.3 is 0 Å². The topological polar surface area (TPSA) is 90.5 Å². The molecule has 0 unspecified atom stereocenters. The zero-order valence-electron chi connectivity index (χ0n) is 15.1. The molecule has 9 heteroatoms. The number of hydrogen-bond acceptors (Lipinski definition) is 6. The molecule has 1 aliphatic heterocycles. The van der Waals surface area contributed by atoms with Crippen LogP contribution in [0.4, 0.5) is 5.69 Å². The molecule has 8 nitrogen and oxygen atoms in total. The molecule has 2 aromatic heterocycles. The molecule has 0 saturated carbocycles. The van der Waals surface area contributed by atoms with Crippen LogP contribution in [-0.4, -0.2) is 34.5 Å². The maximum atomic E-state index is 13.4. The lowest BCUT2D eigenvalue weighted by molar-refractivity contribution is 0.0979. The first-order valence-electron chi connectivity index (χ1n) is 8.44. The molecular formula is C18H17ClN4O4. The van der Waals surface area contributed by atoms with E-state index in [-0.39, 0.29) is 17.1 Å². The van der Waals surface area contributed by atoms with Crippen LogP contribution in [0, 0.1) is 6.92 Å². The summed E-state index contributed by atoms with van der Waals surface area (Å²) in [5.74, 6) is 0.572. The van der Waals surface area contributed by atoms with Crippen molar-refractivity contribution in [2.24, 2.45) is 7.05 Å². The number of rotatable bonds is 2.